The lowest BCUT2D eigenvalue weighted by Crippen LogP contribution is -2.31. The van der Waals surface area contributed by atoms with E-state index in [1.165, 1.54) is 0 Å². The zero-order valence-corrected chi connectivity index (χ0v) is 14.2. The standard InChI is InChI=1S/C19H23ClN2O/c1-2-3-5-13-22-19(23)18(14-17-7-4-6-12-21-17)15-8-10-16(20)11-9-15/h4,6-12,18H,2-3,5,13-14H2,1H3,(H,22,23). The van der Waals surface area contributed by atoms with Crippen LogP contribution < -0.4 is 5.32 Å². The van der Waals surface area contributed by atoms with Gasteiger partial charge in [-0.2, -0.15) is 0 Å². The number of carbonyl (C=O) groups excluding carboxylic acids is 1. The van der Waals surface area contributed by atoms with Crippen molar-refractivity contribution in [2.45, 2.75) is 38.5 Å². The maximum Gasteiger partial charge on any atom is 0.227 e. The van der Waals surface area contributed by atoms with Crippen molar-refractivity contribution in [3.63, 3.8) is 0 Å². The van der Waals surface area contributed by atoms with E-state index in [2.05, 4.69) is 17.2 Å². The van der Waals surface area contributed by atoms with Crippen LogP contribution in [0.3, 0.4) is 0 Å². The molecule has 0 saturated heterocycles. The lowest BCUT2D eigenvalue weighted by atomic mass is 9.93. The van der Waals surface area contributed by atoms with Crippen LogP contribution in [0.5, 0.6) is 0 Å². The molecule has 0 bridgehead atoms. The van der Waals surface area contributed by atoms with E-state index in [0.29, 0.717) is 11.4 Å². The molecule has 1 aromatic heterocycles. The molecule has 2 aromatic rings. The molecule has 122 valence electrons. The minimum absolute atomic E-state index is 0.0501. The summed E-state index contributed by atoms with van der Waals surface area (Å²) in [4.78, 5) is 17.0. The highest BCUT2D eigenvalue weighted by atomic mass is 35.5. The number of rotatable bonds is 8. The Morgan fingerprint density at radius 3 is 2.61 bits per heavy atom. The molecule has 0 aliphatic rings. The molecular formula is C19H23ClN2O. The maximum atomic E-state index is 12.6. The van der Waals surface area contributed by atoms with E-state index in [0.717, 1.165) is 37.1 Å². The van der Waals surface area contributed by atoms with Crippen LogP contribution in [0.25, 0.3) is 0 Å². The Labute approximate surface area is 143 Å². The summed E-state index contributed by atoms with van der Waals surface area (Å²) in [5, 5.41) is 3.73. The lowest BCUT2D eigenvalue weighted by molar-refractivity contribution is -0.122. The number of hydrogen-bond donors (Lipinski definition) is 1. The normalized spacial score (nSPS) is 11.9. The first kappa shape index (κ1) is 17.5. The second-order valence-corrected chi connectivity index (χ2v) is 6.06. The number of nitrogens with zero attached hydrogens (tertiary/aromatic N) is 1. The number of amides is 1. The summed E-state index contributed by atoms with van der Waals surface area (Å²) in [7, 11) is 0. The molecule has 1 unspecified atom stereocenters. The molecule has 1 N–H and O–H groups in total. The van der Waals surface area contributed by atoms with Crippen molar-refractivity contribution in [3.05, 3.63) is 64.9 Å². The molecule has 1 atom stereocenters. The van der Waals surface area contributed by atoms with Crippen molar-refractivity contribution in [3.8, 4) is 0 Å². The van der Waals surface area contributed by atoms with E-state index in [-0.39, 0.29) is 11.8 Å². The summed E-state index contributed by atoms with van der Waals surface area (Å²) < 4.78 is 0. The number of carbonyl (C=O) groups is 1. The molecule has 4 heteroatoms. The van der Waals surface area contributed by atoms with E-state index in [4.69, 9.17) is 11.6 Å². The fourth-order valence-electron chi connectivity index (χ4n) is 2.49. The summed E-state index contributed by atoms with van der Waals surface area (Å²) in [6.07, 6.45) is 5.63. The Hall–Kier alpha value is -1.87. The fraction of sp³-hybridized carbons (Fsp3) is 0.368. The molecule has 0 fully saturated rings. The minimum Gasteiger partial charge on any atom is -0.356 e. The fourth-order valence-corrected chi connectivity index (χ4v) is 2.62. The van der Waals surface area contributed by atoms with E-state index in [9.17, 15) is 4.79 Å². The van der Waals surface area contributed by atoms with Gasteiger partial charge in [0.25, 0.3) is 0 Å². The predicted octanol–water partition coefficient (Wildman–Crippen LogP) is 4.37. The minimum atomic E-state index is -0.246. The van der Waals surface area contributed by atoms with Gasteiger partial charge in [0.05, 0.1) is 5.92 Å². The quantitative estimate of drug-likeness (QED) is 0.730. The van der Waals surface area contributed by atoms with E-state index < -0.39 is 0 Å². The number of nitrogens with one attached hydrogen (secondary N) is 1. The molecule has 1 heterocycles. The van der Waals surface area contributed by atoms with Gasteiger partial charge in [-0.1, -0.05) is 49.6 Å². The van der Waals surface area contributed by atoms with Crippen LogP contribution in [-0.2, 0) is 11.2 Å². The van der Waals surface area contributed by atoms with Crippen LogP contribution in [0, 0.1) is 0 Å². The van der Waals surface area contributed by atoms with Crippen LogP contribution in [0.15, 0.2) is 48.7 Å². The van der Waals surface area contributed by atoms with Crippen LogP contribution >= 0.6 is 11.6 Å². The van der Waals surface area contributed by atoms with Gasteiger partial charge in [0.1, 0.15) is 0 Å². The average molecular weight is 331 g/mol. The zero-order chi connectivity index (χ0) is 16.5. The smallest absolute Gasteiger partial charge is 0.227 e. The summed E-state index contributed by atoms with van der Waals surface area (Å²) >= 11 is 5.96. The molecule has 0 saturated carbocycles. The monoisotopic (exact) mass is 330 g/mol. The van der Waals surface area contributed by atoms with Gasteiger partial charge in [-0.05, 0) is 36.2 Å². The number of aromatic nitrogens is 1. The summed E-state index contributed by atoms with van der Waals surface area (Å²) in [6, 6.07) is 13.3. The third kappa shape index (κ3) is 5.68. The summed E-state index contributed by atoms with van der Waals surface area (Å²) in [5.74, 6) is -0.196. The largest absolute Gasteiger partial charge is 0.356 e. The van der Waals surface area contributed by atoms with Gasteiger partial charge in [-0.15, -0.1) is 0 Å². The van der Waals surface area contributed by atoms with Gasteiger partial charge in [0.15, 0.2) is 0 Å². The Kier molecular flexibility index (Phi) is 7.08. The molecule has 0 aliphatic heterocycles. The molecule has 0 spiro atoms. The van der Waals surface area contributed by atoms with E-state index in [1.54, 1.807) is 6.20 Å². The van der Waals surface area contributed by atoms with Gasteiger partial charge in [0, 0.05) is 29.9 Å². The van der Waals surface area contributed by atoms with Crippen molar-refractivity contribution >= 4 is 17.5 Å². The van der Waals surface area contributed by atoms with Crippen LogP contribution in [0.1, 0.15) is 43.4 Å². The zero-order valence-electron chi connectivity index (χ0n) is 13.5. The van der Waals surface area contributed by atoms with Gasteiger partial charge < -0.3 is 5.32 Å². The third-order valence-electron chi connectivity index (χ3n) is 3.81. The molecule has 1 amide bonds. The highest BCUT2D eigenvalue weighted by Crippen LogP contribution is 2.22. The molecule has 3 nitrogen and oxygen atoms in total. The number of pyridine rings is 1. The van der Waals surface area contributed by atoms with Gasteiger partial charge in [0.2, 0.25) is 5.91 Å². The van der Waals surface area contributed by atoms with Gasteiger partial charge >= 0.3 is 0 Å². The third-order valence-corrected chi connectivity index (χ3v) is 4.06. The first-order chi connectivity index (χ1) is 11.2. The number of hydrogen-bond acceptors (Lipinski definition) is 2. The van der Waals surface area contributed by atoms with E-state index >= 15 is 0 Å². The molecule has 0 radical (unpaired) electrons. The summed E-state index contributed by atoms with van der Waals surface area (Å²) in [6.45, 7) is 2.87. The second kappa shape index (κ2) is 9.31. The topological polar surface area (TPSA) is 42.0 Å². The predicted molar refractivity (Wildman–Crippen MR) is 94.7 cm³/mol. The van der Waals surface area contributed by atoms with Crippen molar-refractivity contribution < 1.29 is 4.79 Å². The molecule has 23 heavy (non-hydrogen) atoms. The highest BCUT2D eigenvalue weighted by Gasteiger charge is 2.21. The summed E-state index contributed by atoms with van der Waals surface area (Å²) in [5.41, 5.74) is 1.88. The molecule has 2 rings (SSSR count). The van der Waals surface area contributed by atoms with Gasteiger partial charge in [-0.3, -0.25) is 9.78 Å². The number of halogens is 1. The Morgan fingerprint density at radius 1 is 1.17 bits per heavy atom. The maximum absolute atomic E-state index is 12.6. The van der Waals surface area contributed by atoms with Crippen LogP contribution in [-0.4, -0.2) is 17.4 Å². The van der Waals surface area contributed by atoms with E-state index in [1.807, 2.05) is 42.5 Å². The molecule has 0 aliphatic carbocycles. The Balaban J connectivity index is 2.10. The number of benzene rings is 1. The number of unbranched alkanes of at least 4 members (excludes halogenated alkanes) is 2. The van der Waals surface area contributed by atoms with Crippen molar-refractivity contribution in [1.82, 2.24) is 10.3 Å². The van der Waals surface area contributed by atoms with Crippen LogP contribution in [0.4, 0.5) is 0 Å². The lowest BCUT2D eigenvalue weighted by Gasteiger charge is -2.17. The molecule has 1 aromatic carbocycles. The molecular weight excluding hydrogens is 308 g/mol. The average Bonchev–Trinajstić information content (AvgIpc) is 2.58. The highest BCUT2D eigenvalue weighted by molar-refractivity contribution is 6.30. The Morgan fingerprint density at radius 2 is 1.96 bits per heavy atom. The van der Waals surface area contributed by atoms with Crippen molar-refractivity contribution in [2.24, 2.45) is 0 Å². The van der Waals surface area contributed by atoms with Crippen molar-refractivity contribution in [2.75, 3.05) is 6.54 Å². The van der Waals surface area contributed by atoms with Crippen molar-refractivity contribution in [1.29, 1.82) is 0 Å². The first-order valence-electron chi connectivity index (χ1n) is 8.13. The SMILES string of the molecule is CCCCCNC(=O)C(Cc1ccccn1)c1ccc(Cl)cc1. The van der Waals surface area contributed by atoms with Crippen LogP contribution in [0.2, 0.25) is 5.02 Å². The Bertz CT molecular complexity index is 599. The first-order valence-corrected chi connectivity index (χ1v) is 8.51. The second-order valence-electron chi connectivity index (χ2n) is 5.63. The van der Waals surface area contributed by atoms with Gasteiger partial charge in [-0.25, -0.2) is 0 Å².